The highest BCUT2D eigenvalue weighted by molar-refractivity contribution is 8.00. The summed E-state index contributed by atoms with van der Waals surface area (Å²) < 4.78 is 9.48. The Morgan fingerprint density at radius 3 is 2.96 bits per heavy atom. The van der Waals surface area contributed by atoms with Gasteiger partial charge in [-0.15, -0.1) is 23.1 Å². The molecule has 0 radical (unpaired) electrons. The van der Waals surface area contributed by atoms with Crippen molar-refractivity contribution in [2.75, 3.05) is 19.7 Å². The van der Waals surface area contributed by atoms with E-state index in [4.69, 9.17) is 4.74 Å². The number of β-lactam (4-membered cyclic amide) rings is 1. The number of carbonyl (C=O) groups is 3. The van der Waals surface area contributed by atoms with Gasteiger partial charge in [-0.05, 0) is 11.4 Å². The summed E-state index contributed by atoms with van der Waals surface area (Å²) in [6.07, 6.45) is 0.197. The minimum atomic E-state index is -0.832. The lowest BCUT2D eigenvalue weighted by Crippen LogP contribution is -2.70. The number of carbonyl (C=O) groups excluding carboxylic acids is 3. The number of thioether (sulfide) groups is 1. The Balaban J connectivity index is 1.65. The molecule has 1 aromatic heterocycles. The third-order valence-corrected chi connectivity index (χ3v) is 5.82. The highest BCUT2D eigenvalue weighted by Gasteiger charge is 2.54. The summed E-state index contributed by atoms with van der Waals surface area (Å²) in [5.74, 6) is -1.61. The van der Waals surface area contributed by atoms with Crippen LogP contribution < -0.4 is 5.32 Å². The van der Waals surface area contributed by atoms with E-state index in [1.54, 1.807) is 0 Å². The van der Waals surface area contributed by atoms with Gasteiger partial charge in [0.1, 0.15) is 17.2 Å². The molecule has 1 aromatic rings. The topological polar surface area (TPSA) is 105 Å². The van der Waals surface area contributed by atoms with Gasteiger partial charge in [0.25, 0.3) is 5.91 Å². The summed E-state index contributed by atoms with van der Waals surface area (Å²) in [4.78, 5) is 38.6. The molecule has 1 fully saturated rings. The number of aliphatic hydroxyl groups excluding tert-OH is 1. The van der Waals surface area contributed by atoms with Crippen LogP contribution in [0.5, 0.6) is 0 Å². The molecule has 2 aliphatic heterocycles. The molecule has 1 unspecified atom stereocenters. The second-order valence-electron chi connectivity index (χ2n) is 5.34. The Bertz CT molecular complexity index is 718. The lowest BCUT2D eigenvalue weighted by Gasteiger charge is -2.48. The van der Waals surface area contributed by atoms with Gasteiger partial charge in [0.15, 0.2) is 12.5 Å². The van der Waals surface area contributed by atoms with E-state index >= 15 is 0 Å². The molecule has 0 aromatic carbocycles. The van der Waals surface area contributed by atoms with E-state index in [2.05, 4.69) is 10.1 Å². The number of hydrogen-bond donors (Lipinski definition) is 2. The van der Waals surface area contributed by atoms with Crippen LogP contribution in [0, 0.1) is 0 Å². The fourth-order valence-corrected chi connectivity index (χ4v) is 4.47. The van der Waals surface area contributed by atoms with Crippen LogP contribution in [-0.2, 0) is 30.3 Å². The van der Waals surface area contributed by atoms with E-state index < -0.39 is 23.3 Å². The maximum atomic E-state index is 12.4. The lowest BCUT2D eigenvalue weighted by atomic mass is 10.0. The SMILES string of the molecule is COCOC(=O)C1=C(O)CS[C@H]2C(NC(=O)Cc3cccs3)C(=O)N12. The monoisotopic (exact) mass is 384 g/mol. The Hall–Kier alpha value is -2.04. The van der Waals surface area contributed by atoms with Crippen LogP contribution in [0.25, 0.3) is 0 Å². The van der Waals surface area contributed by atoms with Gasteiger partial charge in [-0.3, -0.25) is 14.5 Å². The van der Waals surface area contributed by atoms with Crippen LogP contribution >= 0.6 is 23.1 Å². The number of thiophene rings is 1. The number of rotatable bonds is 6. The number of hydrogen-bond acceptors (Lipinski definition) is 8. The number of aliphatic hydroxyl groups is 1. The van der Waals surface area contributed by atoms with Gasteiger partial charge in [-0.1, -0.05) is 6.07 Å². The zero-order valence-electron chi connectivity index (χ0n) is 13.3. The van der Waals surface area contributed by atoms with Gasteiger partial charge in [0.05, 0.1) is 12.2 Å². The van der Waals surface area contributed by atoms with Crippen molar-refractivity contribution in [2.45, 2.75) is 17.8 Å². The summed E-state index contributed by atoms with van der Waals surface area (Å²) >= 11 is 2.74. The molecule has 3 rings (SSSR count). The zero-order chi connectivity index (χ0) is 18.0. The smallest absolute Gasteiger partial charge is 0.360 e. The van der Waals surface area contributed by atoms with E-state index in [9.17, 15) is 19.5 Å². The van der Waals surface area contributed by atoms with Crippen molar-refractivity contribution in [2.24, 2.45) is 0 Å². The minimum absolute atomic E-state index is 0.156. The van der Waals surface area contributed by atoms with Crippen molar-refractivity contribution < 1.29 is 29.0 Å². The van der Waals surface area contributed by atoms with Gasteiger partial charge in [-0.25, -0.2) is 4.79 Å². The van der Waals surface area contributed by atoms with E-state index in [0.29, 0.717) is 0 Å². The van der Waals surface area contributed by atoms with Gasteiger partial charge in [-0.2, -0.15) is 0 Å². The molecule has 2 aliphatic rings. The molecule has 134 valence electrons. The third-order valence-electron chi connectivity index (χ3n) is 3.68. The highest BCUT2D eigenvalue weighted by Crippen LogP contribution is 2.39. The fraction of sp³-hybridized carbons (Fsp3) is 0.400. The van der Waals surface area contributed by atoms with Crippen LogP contribution in [0.4, 0.5) is 0 Å². The van der Waals surface area contributed by atoms with E-state index in [0.717, 1.165) is 9.78 Å². The molecule has 10 heteroatoms. The van der Waals surface area contributed by atoms with Crippen LogP contribution in [0.3, 0.4) is 0 Å². The molecule has 0 bridgehead atoms. The second-order valence-corrected chi connectivity index (χ2v) is 7.48. The molecule has 0 spiro atoms. The number of nitrogens with zero attached hydrogens (tertiary/aromatic N) is 1. The summed E-state index contributed by atoms with van der Waals surface area (Å²) in [7, 11) is 1.36. The summed E-state index contributed by atoms with van der Waals surface area (Å²) in [5.41, 5.74) is -0.186. The van der Waals surface area contributed by atoms with Gasteiger partial charge in [0, 0.05) is 12.0 Å². The van der Waals surface area contributed by atoms with Crippen molar-refractivity contribution in [3.8, 4) is 0 Å². The van der Waals surface area contributed by atoms with Gasteiger partial charge < -0.3 is 19.9 Å². The number of methoxy groups -OCH3 is 1. The number of amides is 2. The predicted octanol–water partition coefficient (Wildman–Crippen LogP) is 0.607. The largest absolute Gasteiger partial charge is 0.509 e. The average Bonchev–Trinajstić information content (AvgIpc) is 3.10. The maximum absolute atomic E-state index is 12.4. The Morgan fingerprint density at radius 1 is 1.48 bits per heavy atom. The summed E-state index contributed by atoms with van der Waals surface area (Å²) in [6, 6.07) is 2.97. The Morgan fingerprint density at radius 2 is 2.28 bits per heavy atom. The molecule has 2 amide bonds. The van der Waals surface area contributed by atoms with E-state index in [-0.39, 0.29) is 36.3 Å². The zero-order valence-corrected chi connectivity index (χ0v) is 14.9. The number of ether oxygens (including phenoxy) is 2. The van der Waals surface area contributed by atoms with Crippen molar-refractivity contribution >= 4 is 40.9 Å². The lowest BCUT2D eigenvalue weighted by molar-refractivity contribution is -0.158. The number of nitrogens with one attached hydrogen (secondary N) is 1. The van der Waals surface area contributed by atoms with Gasteiger partial charge >= 0.3 is 5.97 Å². The maximum Gasteiger partial charge on any atom is 0.360 e. The van der Waals surface area contributed by atoms with Crippen LogP contribution in [-0.4, -0.2) is 58.9 Å². The molecule has 2 atom stereocenters. The molecule has 0 saturated carbocycles. The molecule has 25 heavy (non-hydrogen) atoms. The normalized spacial score (nSPS) is 22.3. The number of fused-ring (bicyclic) bond motifs is 1. The van der Waals surface area contributed by atoms with Crippen LogP contribution in [0.15, 0.2) is 29.0 Å². The molecule has 3 heterocycles. The fourth-order valence-electron chi connectivity index (χ4n) is 2.57. The molecular weight excluding hydrogens is 368 g/mol. The standard InChI is InChI=1S/C15H16N2O6S2/c1-22-7-23-15(21)12-9(18)6-25-14-11(13(20)17(12)14)16-10(19)5-8-3-2-4-24-8/h2-4,11,14,18H,5-7H2,1H3,(H,16,19)/t11?,14-/m0/s1. The van der Waals surface area contributed by atoms with Crippen LogP contribution in [0.2, 0.25) is 0 Å². The van der Waals surface area contributed by atoms with Crippen molar-refractivity contribution in [1.82, 2.24) is 10.2 Å². The quantitative estimate of drug-likeness (QED) is 0.420. The molecular formula is C15H16N2O6S2. The van der Waals surface area contributed by atoms with Crippen molar-refractivity contribution in [1.29, 1.82) is 0 Å². The summed E-state index contributed by atoms with van der Waals surface area (Å²) in [6.45, 7) is -0.281. The minimum Gasteiger partial charge on any atom is -0.509 e. The van der Waals surface area contributed by atoms with E-state index in [1.165, 1.54) is 30.2 Å². The average molecular weight is 384 g/mol. The van der Waals surface area contributed by atoms with Crippen molar-refractivity contribution in [3.05, 3.63) is 33.8 Å². The molecule has 1 saturated heterocycles. The first-order valence-corrected chi connectivity index (χ1v) is 9.30. The first kappa shape index (κ1) is 17.8. The molecule has 8 nitrogen and oxygen atoms in total. The van der Waals surface area contributed by atoms with E-state index in [1.807, 2.05) is 17.5 Å². The third kappa shape index (κ3) is 3.51. The highest BCUT2D eigenvalue weighted by atomic mass is 32.2. The van der Waals surface area contributed by atoms with Crippen LogP contribution in [0.1, 0.15) is 4.88 Å². The second kappa shape index (κ2) is 7.46. The first-order chi connectivity index (χ1) is 12.0. The molecule has 2 N–H and O–H groups in total. The Kier molecular flexibility index (Phi) is 5.30. The predicted molar refractivity (Wildman–Crippen MR) is 90.7 cm³/mol. The summed E-state index contributed by atoms with van der Waals surface area (Å²) in [5, 5.41) is 14.1. The first-order valence-electron chi connectivity index (χ1n) is 7.37. The molecule has 0 aliphatic carbocycles. The Labute approximate surface area is 151 Å². The number of esters is 1. The van der Waals surface area contributed by atoms with Gasteiger partial charge in [0.2, 0.25) is 5.91 Å². The van der Waals surface area contributed by atoms with Crippen molar-refractivity contribution in [3.63, 3.8) is 0 Å².